The van der Waals surface area contributed by atoms with Crippen LogP contribution < -0.4 is 4.74 Å². The first-order valence-corrected chi connectivity index (χ1v) is 4.77. The van der Waals surface area contributed by atoms with Gasteiger partial charge in [-0.2, -0.15) is 0 Å². The van der Waals surface area contributed by atoms with E-state index in [1.54, 1.807) is 6.26 Å². The molecule has 0 fully saturated rings. The second kappa shape index (κ2) is 4.70. The van der Waals surface area contributed by atoms with E-state index in [2.05, 4.69) is 19.1 Å². The third kappa shape index (κ3) is 2.35. The molecule has 1 aliphatic rings. The first-order chi connectivity index (χ1) is 6.36. The summed E-state index contributed by atoms with van der Waals surface area (Å²) >= 11 is 0. The van der Waals surface area contributed by atoms with Gasteiger partial charge >= 0.3 is 0 Å². The second-order valence-corrected chi connectivity index (χ2v) is 2.80. The fourth-order valence-electron chi connectivity index (χ4n) is 1.28. The maximum atomic E-state index is 5.30. The summed E-state index contributed by atoms with van der Waals surface area (Å²) in [5.41, 5.74) is 2.58. The maximum absolute atomic E-state index is 5.30. The summed E-state index contributed by atoms with van der Waals surface area (Å²) in [5, 5.41) is 0. The van der Waals surface area contributed by atoms with Crippen molar-refractivity contribution in [2.45, 2.75) is 27.2 Å². The zero-order valence-corrected chi connectivity index (χ0v) is 8.50. The highest BCUT2D eigenvalue weighted by Crippen LogP contribution is 2.23. The Hall–Kier alpha value is -1.24. The molecule has 1 aromatic carbocycles. The van der Waals surface area contributed by atoms with E-state index < -0.39 is 0 Å². The Labute approximate surface area is 80.0 Å². The van der Waals surface area contributed by atoms with E-state index in [9.17, 15) is 0 Å². The molecule has 1 nitrogen and oxygen atoms in total. The van der Waals surface area contributed by atoms with Crippen molar-refractivity contribution in [1.82, 2.24) is 0 Å². The van der Waals surface area contributed by atoms with Gasteiger partial charge in [-0.15, -0.1) is 0 Å². The first-order valence-electron chi connectivity index (χ1n) is 4.77. The van der Waals surface area contributed by atoms with Gasteiger partial charge in [0.1, 0.15) is 5.75 Å². The fourth-order valence-corrected chi connectivity index (χ4v) is 1.28. The van der Waals surface area contributed by atoms with Crippen LogP contribution in [-0.2, 0) is 6.42 Å². The standard InChI is InChI=1S/C10H10O.C2H6/c1-8-4-5-10-9(7-8)3-2-6-11-10;1-2/h2,4-7H,3H2,1H3;1-2H3. The van der Waals surface area contributed by atoms with Crippen LogP contribution >= 0.6 is 0 Å². The Morgan fingerprint density at radius 1 is 1.23 bits per heavy atom. The molecule has 0 saturated heterocycles. The summed E-state index contributed by atoms with van der Waals surface area (Å²) in [7, 11) is 0. The fraction of sp³-hybridized carbons (Fsp3) is 0.333. The number of allylic oxidation sites excluding steroid dienone is 1. The molecule has 1 aliphatic heterocycles. The van der Waals surface area contributed by atoms with E-state index in [0.717, 1.165) is 12.2 Å². The lowest BCUT2D eigenvalue weighted by Gasteiger charge is -2.11. The van der Waals surface area contributed by atoms with Gasteiger partial charge in [-0.1, -0.05) is 31.5 Å². The van der Waals surface area contributed by atoms with Crippen LogP contribution in [0.1, 0.15) is 25.0 Å². The Balaban J connectivity index is 0.000000396. The summed E-state index contributed by atoms with van der Waals surface area (Å²) in [6.45, 7) is 6.10. The van der Waals surface area contributed by atoms with Gasteiger partial charge in [-0.25, -0.2) is 0 Å². The van der Waals surface area contributed by atoms with Crippen LogP contribution in [0.5, 0.6) is 5.75 Å². The van der Waals surface area contributed by atoms with Crippen LogP contribution in [0, 0.1) is 6.92 Å². The minimum absolute atomic E-state index is 0.997. The molecular formula is C12H16O. The predicted molar refractivity (Wildman–Crippen MR) is 56.0 cm³/mol. The Morgan fingerprint density at radius 3 is 2.77 bits per heavy atom. The summed E-state index contributed by atoms with van der Waals surface area (Å²) in [6.07, 6.45) is 4.77. The summed E-state index contributed by atoms with van der Waals surface area (Å²) < 4.78 is 5.30. The van der Waals surface area contributed by atoms with Gasteiger partial charge < -0.3 is 4.74 Å². The molecule has 0 atom stereocenters. The first kappa shape index (κ1) is 9.85. The van der Waals surface area contributed by atoms with Gasteiger partial charge in [-0.05, 0) is 31.1 Å². The lowest BCUT2D eigenvalue weighted by Crippen LogP contribution is -1.95. The lowest BCUT2D eigenvalue weighted by molar-refractivity contribution is 0.464. The number of fused-ring (bicyclic) bond motifs is 1. The molecule has 0 radical (unpaired) electrons. The minimum atomic E-state index is 0.997. The molecule has 70 valence electrons. The molecule has 1 aromatic rings. The van der Waals surface area contributed by atoms with Gasteiger partial charge in [0, 0.05) is 0 Å². The van der Waals surface area contributed by atoms with E-state index >= 15 is 0 Å². The van der Waals surface area contributed by atoms with Crippen molar-refractivity contribution in [2.75, 3.05) is 0 Å². The van der Waals surface area contributed by atoms with Crippen molar-refractivity contribution < 1.29 is 4.74 Å². The number of hydrogen-bond donors (Lipinski definition) is 0. The molecule has 0 aromatic heterocycles. The van der Waals surface area contributed by atoms with E-state index in [1.807, 2.05) is 26.0 Å². The van der Waals surface area contributed by atoms with Crippen molar-refractivity contribution in [3.05, 3.63) is 41.7 Å². The molecule has 0 unspecified atom stereocenters. The van der Waals surface area contributed by atoms with Gasteiger partial charge in [0.15, 0.2) is 0 Å². The lowest BCUT2D eigenvalue weighted by atomic mass is 10.1. The highest BCUT2D eigenvalue weighted by atomic mass is 16.5. The van der Waals surface area contributed by atoms with Gasteiger partial charge in [0.2, 0.25) is 0 Å². The smallest absolute Gasteiger partial charge is 0.130 e. The van der Waals surface area contributed by atoms with Crippen LogP contribution in [0.15, 0.2) is 30.5 Å². The van der Waals surface area contributed by atoms with Crippen molar-refractivity contribution in [1.29, 1.82) is 0 Å². The van der Waals surface area contributed by atoms with E-state index in [0.29, 0.717) is 0 Å². The van der Waals surface area contributed by atoms with Crippen LogP contribution in [-0.4, -0.2) is 0 Å². The predicted octanol–water partition coefficient (Wildman–Crippen LogP) is 3.47. The third-order valence-electron chi connectivity index (χ3n) is 1.84. The number of benzene rings is 1. The van der Waals surface area contributed by atoms with E-state index in [4.69, 9.17) is 4.74 Å². The van der Waals surface area contributed by atoms with Crippen LogP contribution in [0.3, 0.4) is 0 Å². The number of hydrogen-bond acceptors (Lipinski definition) is 1. The van der Waals surface area contributed by atoms with Crippen molar-refractivity contribution in [3.8, 4) is 5.75 Å². The molecular weight excluding hydrogens is 160 g/mol. The molecule has 0 N–H and O–H groups in total. The van der Waals surface area contributed by atoms with Crippen molar-refractivity contribution >= 4 is 0 Å². The quantitative estimate of drug-likeness (QED) is 0.588. The highest BCUT2D eigenvalue weighted by Gasteiger charge is 2.04. The minimum Gasteiger partial charge on any atom is -0.465 e. The number of ether oxygens (including phenoxy) is 1. The largest absolute Gasteiger partial charge is 0.465 e. The normalized spacial score (nSPS) is 12.2. The monoisotopic (exact) mass is 176 g/mol. The molecule has 0 amide bonds. The second-order valence-electron chi connectivity index (χ2n) is 2.80. The van der Waals surface area contributed by atoms with Crippen molar-refractivity contribution in [2.24, 2.45) is 0 Å². The molecule has 13 heavy (non-hydrogen) atoms. The average Bonchev–Trinajstić information content (AvgIpc) is 2.21. The summed E-state index contributed by atoms with van der Waals surface area (Å²) in [5.74, 6) is 0.998. The molecule has 1 heterocycles. The average molecular weight is 176 g/mol. The zero-order valence-electron chi connectivity index (χ0n) is 8.50. The summed E-state index contributed by atoms with van der Waals surface area (Å²) in [6, 6.07) is 6.25. The molecule has 0 aliphatic carbocycles. The molecule has 1 heteroatoms. The SMILES string of the molecule is CC.Cc1ccc2c(c1)CC=CO2. The van der Waals surface area contributed by atoms with E-state index in [1.165, 1.54) is 11.1 Å². The van der Waals surface area contributed by atoms with Crippen LogP contribution in [0.4, 0.5) is 0 Å². The van der Waals surface area contributed by atoms with Crippen molar-refractivity contribution in [3.63, 3.8) is 0 Å². The molecule has 0 spiro atoms. The zero-order chi connectivity index (χ0) is 9.68. The van der Waals surface area contributed by atoms with Crippen LogP contribution in [0.25, 0.3) is 0 Å². The maximum Gasteiger partial charge on any atom is 0.130 e. The number of aryl methyl sites for hydroxylation is 1. The van der Waals surface area contributed by atoms with Gasteiger partial charge in [0.05, 0.1) is 6.26 Å². The van der Waals surface area contributed by atoms with Crippen LogP contribution in [0.2, 0.25) is 0 Å². The summed E-state index contributed by atoms with van der Waals surface area (Å²) in [4.78, 5) is 0. The molecule has 2 rings (SSSR count). The molecule has 0 saturated carbocycles. The molecule has 0 bridgehead atoms. The van der Waals surface area contributed by atoms with Gasteiger partial charge in [0.25, 0.3) is 0 Å². The van der Waals surface area contributed by atoms with Gasteiger partial charge in [-0.3, -0.25) is 0 Å². The third-order valence-corrected chi connectivity index (χ3v) is 1.84. The Kier molecular flexibility index (Phi) is 3.56. The number of rotatable bonds is 0. The Bertz CT molecular complexity index is 300. The Morgan fingerprint density at radius 2 is 2.00 bits per heavy atom. The topological polar surface area (TPSA) is 9.23 Å². The highest BCUT2D eigenvalue weighted by molar-refractivity contribution is 5.40. The van der Waals surface area contributed by atoms with E-state index in [-0.39, 0.29) is 0 Å².